The summed E-state index contributed by atoms with van der Waals surface area (Å²) in [4.78, 5) is 27.6. The number of nitrogens with zero attached hydrogens (tertiary/aromatic N) is 4. The predicted octanol–water partition coefficient (Wildman–Crippen LogP) is 4.06. The van der Waals surface area contributed by atoms with Crippen LogP contribution in [0.1, 0.15) is 11.1 Å². The normalized spacial score (nSPS) is 10.5. The number of ether oxygens (including phenoxy) is 3. The quantitative estimate of drug-likeness (QED) is 0.339. The van der Waals surface area contributed by atoms with E-state index in [4.69, 9.17) is 14.2 Å². The number of nitrogens with one attached hydrogen (secondary N) is 2. The lowest BCUT2D eigenvalue weighted by atomic mass is 10.1. The Bertz CT molecular complexity index is 1220. The monoisotopic (exact) mass is 492 g/mol. The number of methoxy groups -OCH3 is 3. The number of anilines is 5. The highest BCUT2D eigenvalue weighted by Gasteiger charge is 2.13. The SMILES string of the molecule is C=CC(=O)Cc1cc(OC)ccc1Nc1nc(Nc2cc(OC)nc(N(C)CCOC)c2)ncc1C. The first-order chi connectivity index (χ1) is 17.4. The Morgan fingerprint density at radius 1 is 1.11 bits per heavy atom. The van der Waals surface area contributed by atoms with Crippen molar-refractivity contribution >= 4 is 34.7 Å². The van der Waals surface area contributed by atoms with E-state index in [9.17, 15) is 4.79 Å². The summed E-state index contributed by atoms with van der Waals surface area (Å²) < 4.78 is 15.9. The number of allylic oxidation sites excluding steroid dienone is 1. The van der Waals surface area contributed by atoms with Crippen molar-refractivity contribution in [2.75, 3.05) is 57.1 Å². The van der Waals surface area contributed by atoms with Crippen LogP contribution in [0.3, 0.4) is 0 Å². The number of carbonyl (C=O) groups excluding carboxylic acids is 1. The van der Waals surface area contributed by atoms with Gasteiger partial charge < -0.3 is 29.7 Å². The molecule has 3 aromatic rings. The fourth-order valence-electron chi connectivity index (χ4n) is 3.32. The molecule has 0 aliphatic heterocycles. The van der Waals surface area contributed by atoms with Crippen molar-refractivity contribution in [3.8, 4) is 11.6 Å². The molecule has 0 aliphatic carbocycles. The summed E-state index contributed by atoms with van der Waals surface area (Å²) in [5, 5.41) is 6.56. The van der Waals surface area contributed by atoms with Crippen molar-refractivity contribution in [3.63, 3.8) is 0 Å². The number of aromatic nitrogens is 3. The highest BCUT2D eigenvalue weighted by molar-refractivity contribution is 5.92. The van der Waals surface area contributed by atoms with Gasteiger partial charge in [-0.1, -0.05) is 6.58 Å². The molecule has 190 valence electrons. The van der Waals surface area contributed by atoms with Crippen LogP contribution in [-0.2, 0) is 16.0 Å². The molecule has 2 heterocycles. The van der Waals surface area contributed by atoms with E-state index in [1.54, 1.807) is 33.6 Å². The third-order valence-electron chi connectivity index (χ3n) is 5.41. The van der Waals surface area contributed by atoms with Gasteiger partial charge in [-0.25, -0.2) is 4.98 Å². The molecule has 0 fully saturated rings. The number of pyridine rings is 1. The summed E-state index contributed by atoms with van der Waals surface area (Å²) in [6.07, 6.45) is 3.22. The van der Waals surface area contributed by atoms with Gasteiger partial charge in [0.1, 0.15) is 17.4 Å². The molecule has 0 amide bonds. The average molecular weight is 493 g/mol. The van der Waals surface area contributed by atoms with Gasteiger partial charge in [0.25, 0.3) is 0 Å². The van der Waals surface area contributed by atoms with Crippen molar-refractivity contribution in [3.05, 3.63) is 60.3 Å². The van der Waals surface area contributed by atoms with Gasteiger partial charge in [0.05, 0.1) is 20.8 Å². The topological polar surface area (TPSA) is 111 Å². The molecule has 0 spiro atoms. The van der Waals surface area contributed by atoms with Gasteiger partial charge in [-0.2, -0.15) is 9.97 Å². The number of benzene rings is 1. The van der Waals surface area contributed by atoms with Crippen molar-refractivity contribution < 1.29 is 19.0 Å². The summed E-state index contributed by atoms with van der Waals surface area (Å²) in [5.41, 5.74) is 3.07. The molecule has 3 rings (SSSR count). The zero-order chi connectivity index (χ0) is 26.1. The van der Waals surface area contributed by atoms with Crippen LogP contribution < -0.4 is 25.0 Å². The molecule has 0 unspecified atom stereocenters. The molecule has 0 aliphatic rings. The molecule has 1 aromatic carbocycles. The zero-order valence-corrected chi connectivity index (χ0v) is 21.3. The molecule has 2 N–H and O–H groups in total. The summed E-state index contributed by atoms with van der Waals surface area (Å²) >= 11 is 0. The van der Waals surface area contributed by atoms with Gasteiger partial charge in [0.15, 0.2) is 5.78 Å². The molecule has 10 heteroatoms. The average Bonchev–Trinajstić information content (AvgIpc) is 2.89. The highest BCUT2D eigenvalue weighted by atomic mass is 16.5. The van der Waals surface area contributed by atoms with Gasteiger partial charge >= 0.3 is 0 Å². The third kappa shape index (κ3) is 6.92. The van der Waals surface area contributed by atoms with Crippen molar-refractivity contribution in [1.29, 1.82) is 0 Å². The van der Waals surface area contributed by atoms with E-state index in [2.05, 4.69) is 32.2 Å². The minimum Gasteiger partial charge on any atom is -0.497 e. The standard InChI is InChI=1S/C26H32N6O4/c1-7-20(33)12-18-13-21(35-5)8-9-22(18)29-25-17(2)16-27-26(31-25)28-19-14-23(30-24(15-19)36-6)32(3)10-11-34-4/h7-9,13-16H,1,10-12H2,2-6H3,(H2,27,28,29,30,31). The van der Waals surface area contributed by atoms with Crippen LogP contribution in [0.5, 0.6) is 11.6 Å². The van der Waals surface area contributed by atoms with Crippen LogP contribution >= 0.6 is 0 Å². The Kier molecular flexibility index (Phi) is 9.18. The van der Waals surface area contributed by atoms with Gasteiger partial charge in [-0.05, 0) is 36.8 Å². The summed E-state index contributed by atoms with van der Waals surface area (Å²) in [7, 11) is 6.74. The smallest absolute Gasteiger partial charge is 0.229 e. The highest BCUT2D eigenvalue weighted by Crippen LogP contribution is 2.28. The van der Waals surface area contributed by atoms with E-state index in [0.717, 1.165) is 22.5 Å². The Balaban J connectivity index is 1.88. The molecule has 0 atom stereocenters. The fraction of sp³-hybridized carbons (Fsp3) is 0.308. The predicted molar refractivity (Wildman–Crippen MR) is 141 cm³/mol. The molecular weight excluding hydrogens is 460 g/mol. The van der Waals surface area contributed by atoms with E-state index in [0.29, 0.717) is 42.4 Å². The molecule has 0 radical (unpaired) electrons. The van der Waals surface area contributed by atoms with Gasteiger partial charge in [-0.15, -0.1) is 0 Å². The second-order valence-electron chi connectivity index (χ2n) is 8.02. The molecule has 2 aromatic heterocycles. The van der Waals surface area contributed by atoms with Gasteiger partial charge in [0.2, 0.25) is 11.8 Å². The van der Waals surface area contributed by atoms with Crippen LogP contribution in [-0.4, -0.2) is 62.3 Å². The largest absolute Gasteiger partial charge is 0.497 e. The number of hydrogen-bond acceptors (Lipinski definition) is 10. The number of ketones is 1. The second kappa shape index (κ2) is 12.5. The number of aryl methyl sites for hydroxylation is 1. The molecule has 0 saturated carbocycles. The van der Waals surface area contributed by atoms with Crippen LogP contribution in [0.25, 0.3) is 0 Å². The third-order valence-corrected chi connectivity index (χ3v) is 5.41. The Hall–Kier alpha value is -4.18. The molecule has 0 saturated heterocycles. The number of carbonyl (C=O) groups is 1. The van der Waals surface area contributed by atoms with Crippen LogP contribution in [0.15, 0.2) is 49.2 Å². The first kappa shape index (κ1) is 26.4. The van der Waals surface area contributed by atoms with E-state index in [-0.39, 0.29) is 12.2 Å². The minimum atomic E-state index is -0.0917. The summed E-state index contributed by atoms with van der Waals surface area (Å²) in [6, 6.07) is 9.16. The second-order valence-corrected chi connectivity index (χ2v) is 8.02. The minimum absolute atomic E-state index is 0.0917. The Morgan fingerprint density at radius 3 is 2.61 bits per heavy atom. The van der Waals surface area contributed by atoms with E-state index >= 15 is 0 Å². The lowest BCUT2D eigenvalue weighted by Crippen LogP contribution is -2.23. The lowest BCUT2D eigenvalue weighted by molar-refractivity contribution is -0.114. The van der Waals surface area contributed by atoms with E-state index in [1.807, 2.05) is 43.1 Å². The van der Waals surface area contributed by atoms with Crippen LogP contribution in [0.2, 0.25) is 0 Å². The zero-order valence-electron chi connectivity index (χ0n) is 21.3. The first-order valence-corrected chi connectivity index (χ1v) is 11.3. The van der Waals surface area contributed by atoms with Gasteiger partial charge in [-0.3, -0.25) is 4.79 Å². The van der Waals surface area contributed by atoms with E-state index in [1.165, 1.54) is 6.08 Å². The Labute approximate surface area is 211 Å². The number of hydrogen-bond donors (Lipinski definition) is 2. The fourth-order valence-corrected chi connectivity index (χ4v) is 3.32. The maximum absolute atomic E-state index is 12.0. The number of rotatable bonds is 13. The summed E-state index contributed by atoms with van der Waals surface area (Å²) in [6.45, 7) is 6.71. The van der Waals surface area contributed by atoms with Crippen molar-refractivity contribution in [2.45, 2.75) is 13.3 Å². The van der Waals surface area contributed by atoms with Crippen LogP contribution in [0, 0.1) is 6.92 Å². The lowest BCUT2D eigenvalue weighted by Gasteiger charge is -2.19. The molecule has 36 heavy (non-hydrogen) atoms. The first-order valence-electron chi connectivity index (χ1n) is 11.3. The van der Waals surface area contributed by atoms with E-state index < -0.39 is 0 Å². The maximum Gasteiger partial charge on any atom is 0.229 e. The van der Waals surface area contributed by atoms with Crippen molar-refractivity contribution in [2.24, 2.45) is 0 Å². The molecule has 0 bridgehead atoms. The summed E-state index contributed by atoms with van der Waals surface area (Å²) in [5.74, 6) is 2.73. The number of likely N-dealkylation sites (N-methyl/N-ethyl adjacent to an activating group) is 1. The maximum atomic E-state index is 12.0. The van der Waals surface area contributed by atoms with Gasteiger partial charge in [0, 0.05) is 62.4 Å². The molecular formula is C26H32N6O4. The van der Waals surface area contributed by atoms with Crippen molar-refractivity contribution in [1.82, 2.24) is 15.0 Å². The van der Waals surface area contributed by atoms with Crippen LogP contribution in [0.4, 0.5) is 29.0 Å². The Morgan fingerprint density at radius 2 is 1.92 bits per heavy atom. The molecule has 10 nitrogen and oxygen atoms in total.